The number of rotatable bonds is 4. The van der Waals surface area contributed by atoms with Crippen molar-refractivity contribution in [3.05, 3.63) is 30.1 Å². The molecule has 22 heavy (non-hydrogen) atoms. The van der Waals surface area contributed by atoms with Gasteiger partial charge in [0.1, 0.15) is 0 Å². The van der Waals surface area contributed by atoms with Crippen molar-refractivity contribution in [3.8, 4) is 0 Å². The molecule has 0 aliphatic carbocycles. The average molecular weight is 323 g/mol. The lowest BCUT2D eigenvalue weighted by molar-refractivity contribution is -0.135. The largest absolute Gasteiger partial charge is 0.375 e. The molecule has 0 radical (unpaired) electrons. The molecule has 2 aliphatic heterocycles. The number of aromatic nitrogens is 1. The number of alkyl halides is 1. The molecule has 3 rings (SSSR count). The number of likely N-dealkylation sites (tertiary alicyclic amines) is 1. The Morgan fingerprint density at radius 1 is 1.41 bits per heavy atom. The van der Waals surface area contributed by atoms with Crippen molar-refractivity contribution < 1.29 is 9.53 Å². The molecule has 0 saturated carbocycles. The summed E-state index contributed by atoms with van der Waals surface area (Å²) in [7, 11) is 0. The van der Waals surface area contributed by atoms with Crippen molar-refractivity contribution in [2.24, 2.45) is 5.92 Å². The first kappa shape index (κ1) is 15.8. The van der Waals surface area contributed by atoms with E-state index in [4.69, 9.17) is 16.3 Å². The highest BCUT2D eigenvalue weighted by molar-refractivity contribution is 6.18. The molecule has 1 spiro atoms. The van der Waals surface area contributed by atoms with Gasteiger partial charge in [-0.2, -0.15) is 0 Å². The third kappa shape index (κ3) is 3.61. The summed E-state index contributed by atoms with van der Waals surface area (Å²) in [6.45, 7) is 2.41. The van der Waals surface area contributed by atoms with E-state index in [9.17, 15) is 4.79 Å². The van der Waals surface area contributed by atoms with Gasteiger partial charge in [-0.3, -0.25) is 9.78 Å². The van der Waals surface area contributed by atoms with Crippen molar-refractivity contribution in [3.63, 3.8) is 0 Å². The zero-order valence-corrected chi connectivity index (χ0v) is 13.6. The van der Waals surface area contributed by atoms with Crippen molar-refractivity contribution in [1.29, 1.82) is 0 Å². The van der Waals surface area contributed by atoms with E-state index in [2.05, 4.69) is 11.1 Å². The number of amides is 1. The lowest BCUT2D eigenvalue weighted by Crippen LogP contribution is -2.46. The fraction of sp³-hybridized carbons (Fsp3) is 0.647. The van der Waals surface area contributed by atoms with Crippen LogP contribution in [0.25, 0.3) is 0 Å². The summed E-state index contributed by atoms with van der Waals surface area (Å²) < 4.78 is 6.16. The Balaban J connectivity index is 1.51. The zero-order valence-electron chi connectivity index (χ0n) is 12.8. The average Bonchev–Trinajstić information content (AvgIpc) is 2.92. The Kier molecular flexibility index (Phi) is 4.99. The molecule has 5 heteroatoms. The van der Waals surface area contributed by atoms with E-state index in [1.165, 1.54) is 0 Å². The predicted molar refractivity (Wildman–Crippen MR) is 85.9 cm³/mol. The van der Waals surface area contributed by atoms with E-state index >= 15 is 0 Å². The number of hydrogen-bond donors (Lipinski definition) is 0. The van der Waals surface area contributed by atoms with Crippen LogP contribution in [0.3, 0.4) is 0 Å². The van der Waals surface area contributed by atoms with Crippen LogP contribution in [0.4, 0.5) is 0 Å². The third-order valence-electron chi connectivity index (χ3n) is 4.85. The maximum atomic E-state index is 11.9. The second-order valence-corrected chi connectivity index (χ2v) is 6.79. The summed E-state index contributed by atoms with van der Waals surface area (Å²) in [5.74, 6) is 1.12. The van der Waals surface area contributed by atoms with E-state index in [1.54, 1.807) is 0 Å². The first-order valence-corrected chi connectivity index (χ1v) is 8.62. The summed E-state index contributed by atoms with van der Waals surface area (Å²) in [6, 6.07) is 6.07. The molecule has 0 bridgehead atoms. The SMILES string of the molecule is O=C(CCCl)N1CCC2(CC1)CC(Cc1ccccn1)CO2. The van der Waals surface area contributed by atoms with Gasteiger partial charge < -0.3 is 9.64 Å². The van der Waals surface area contributed by atoms with Crippen LogP contribution in [-0.4, -0.2) is 47.0 Å². The standard InChI is InChI=1S/C17H23ClN2O2/c18-7-4-16(21)20-9-5-17(6-10-20)12-14(13-22-17)11-15-3-1-2-8-19-15/h1-3,8,14H,4-7,9-13H2. The third-order valence-corrected chi connectivity index (χ3v) is 5.03. The molecule has 4 nitrogen and oxygen atoms in total. The van der Waals surface area contributed by atoms with Crippen LogP contribution in [0.2, 0.25) is 0 Å². The van der Waals surface area contributed by atoms with Crippen LogP contribution in [0.15, 0.2) is 24.4 Å². The van der Waals surface area contributed by atoms with Crippen LogP contribution in [0.1, 0.15) is 31.4 Å². The number of carbonyl (C=O) groups is 1. The van der Waals surface area contributed by atoms with Crippen LogP contribution >= 0.6 is 11.6 Å². The Morgan fingerprint density at radius 2 is 2.23 bits per heavy atom. The number of halogens is 1. The molecule has 3 heterocycles. The summed E-state index contributed by atoms with van der Waals surface area (Å²) in [5.41, 5.74) is 1.12. The molecular formula is C17H23ClN2O2. The van der Waals surface area contributed by atoms with Crippen molar-refractivity contribution in [2.75, 3.05) is 25.6 Å². The second kappa shape index (κ2) is 6.97. The van der Waals surface area contributed by atoms with Crippen LogP contribution < -0.4 is 0 Å². The van der Waals surface area contributed by atoms with Gasteiger partial charge >= 0.3 is 0 Å². The smallest absolute Gasteiger partial charge is 0.223 e. The van der Waals surface area contributed by atoms with Gasteiger partial charge in [-0.05, 0) is 43.7 Å². The van der Waals surface area contributed by atoms with Gasteiger partial charge in [0.05, 0.1) is 12.2 Å². The van der Waals surface area contributed by atoms with Crippen molar-refractivity contribution in [2.45, 2.75) is 37.7 Å². The summed E-state index contributed by atoms with van der Waals surface area (Å²) >= 11 is 5.65. The van der Waals surface area contributed by atoms with Gasteiger partial charge in [0.15, 0.2) is 0 Å². The number of ether oxygens (including phenoxy) is 1. The second-order valence-electron chi connectivity index (χ2n) is 6.41. The molecule has 2 saturated heterocycles. The Hall–Kier alpha value is -1.13. The van der Waals surface area contributed by atoms with E-state index in [0.29, 0.717) is 18.2 Å². The van der Waals surface area contributed by atoms with Gasteiger partial charge in [0, 0.05) is 37.3 Å². The minimum absolute atomic E-state index is 0.0167. The maximum Gasteiger partial charge on any atom is 0.223 e. The Morgan fingerprint density at radius 3 is 2.91 bits per heavy atom. The van der Waals surface area contributed by atoms with E-state index in [1.807, 2.05) is 23.2 Å². The molecular weight excluding hydrogens is 300 g/mol. The normalized spacial score (nSPS) is 23.9. The quantitative estimate of drug-likeness (QED) is 0.800. The van der Waals surface area contributed by atoms with E-state index in [0.717, 1.165) is 51.1 Å². The van der Waals surface area contributed by atoms with Gasteiger partial charge in [-0.1, -0.05) is 6.07 Å². The summed E-state index contributed by atoms with van der Waals surface area (Å²) in [4.78, 5) is 18.2. The Bertz CT molecular complexity index is 501. The van der Waals surface area contributed by atoms with E-state index in [-0.39, 0.29) is 11.5 Å². The maximum absolute atomic E-state index is 11.9. The molecule has 120 valence electrons. The number of piperidine rings is 1. The van der Waals surface area contributed by atoms with Crippen molar-refractivity contribution >= 4 is 17.5 Å². The van der Waals surface area contributed by atoms with Crippen LogP contribution in [0.5, 0.6) is 0 Å². The monoisotopic (exact) mass is 322 g/mol. The molecule has 2 fully saturated rings. The highest BCUT2D eigenvalue weighted by atomic mass is 35.5. The molecule has 0 N–H and O–H groups in total. The van der Waals surface area contributed by atoms with Crippen LogP contribution in [0, 0.1) is 5.92 Å². The number of pyridine rings is 1. The van der Waals surface area contributed by atoms with Gasteiger partial charge in [-0.25, -0.2) is 0 Å². The van der Waals surface area contributed by atoms with Gasteiger partial charge in [-0.15, -0.1) is 11.6 Å². The summed E-state index contributed by atoms with van der Waals surface area (Å²) in [5, 5.41) is 0. The first-order valence-electron chi connectivity index (χ1n) is 8.08. The number of nitrogens with zero attached hydrogens (tertiary/aromatic N) is 2. The lowest BCUT2D eigenvalue weighted by Gasteiger charge is -2.38. The highest BCUT2D eigenvalue weighted by Gasteiger charge is 2.43. The fourth-order valence-corrected chi connectivity index (χ4v) is 3.80. The van der Waals surface area contributed by atoms with Crippen LogP contribution in [-0.2, 0) is 16.0 Å². The van der Waals surface area contributed by atoms with Crippen molar-refractivity contribution in [1.82, 2.24) is 9.88 Å². The Labute approximate surface area is 136 Å². The molecule has 2 aliphatic rings. The number of carbonyl (C=O) groups excluding carboxylic acids is 1. The lowest BCUT2D eigenvalue weighted by atomic mass is 9.84. The van der Waals surface area contributed by atoms with E-state index < -0.39 is 0 Å². The molecule has 1 aromatic heterocycles. The van der Waals surface area contributed by atoms with Gasteiger partial charge in [0.2, 0.25) is 5.91 Å². The molecule has 1 atom stereocenters. The highest BCUT2D eigenvalue weighted by Crippen LogP contribution is 2.39. The minimum Gasteiger partial charge on any atom is -0.375 e. The number of hydrogen-bond acceptors (Lipinski definition) is 3. The topological polar surface area (TPSA) is 42.4 Å². The first-order chi connectivity index (χ1) is 10.7. The molecule has 1 unspecified atom stereocenters. The predicted octanol–water partition coefficient (Wildman–Crippen LogP) is 2.65. The molecule has 1 aromatic rings. The molecule has 0 aromatic carbocycles. The zero-order chi connectivity index (χ0) is 15.4. The molecule has 1 amide bonds. The fourth-order valence-electron chi connectivity index (χ4n) is 3.64. The minimum atomic E-state index is -0.0167. The van der Waals surface area contributed by atoms with Gasteiger partial charge in [0.25, 0.3) is 0 Å². The summed E-state index contributed by atoms with van der Waals surface area (Å²) in [6.07, 6.45) is 6.25.